The zero-order valence-corrected chi connectivity index (χ0v) is 12.0. The second-order valence-corrected chi connectivity index (χ2v) is 5.29. The molecular weight excluding hydrogens is 264 g/mol. The van der Waals surface area contributed by atoms with Crippen molar-refractivity contribution in [2.75, 3.05) is 19.6 Å². The summed E-state index contributed by atoms with van der Waals surface area (Å²) in [6, 6.07) is 10.2. The standard InChI is InChI=1S/C16H20N4O/c21-16(19-11-1-2-12-19)17-10-8-14-4-6-15(7-5-14)20-13-3-9-18-20/h3-7,9,13H,1-2,8,10-12H2,(H,17,21). The van der Waals surface area contributed by atoms with Crippen LogP contribution < -0.4 is 5.32 Å². The topological polar surface area (TPSA) is 50.2 Å². The lowest BCUT2D eigenvalue weighted by atomic mass is 10.1. The van der Waals surface area contributed by atoms with Gasteiger partial charge in [0.05, 0.1) is 5.69 Å². The zero-order valence-electron chi connectivity index (χ0n) is 12.0. The van der Waals surface area contributed by atoms with E-state index in [0.29, 0.717) is 6.54 Å². The van der Waals surface area contributed by atoms with E-state index in [1.54, 1.807) is 6.20 Å². The Balaban J connectivity index is 1.48. The Bertz CT molecular complexity index is 571. The highest BCUT2D eigenvalue weighted by atomic mass is 16.2. The summed E-state index contributed by atoms with van der Waals surface area (Å²) in [7, 11) is 0. The molecule has 0 aliphatic carbocycles. The van der Waals surface area contributed by atoms with Crippen LogP contribution in [0.2, 0.25) is 0 Å². The van der Waals surface area contributed by atoms with Crippen LogP contribution >= 0.6 is 0 Å². The summed E-state index contributed by atoms with van der Waals surface area (Å²) in [5.41, 5.74) is 2.26. The smallest absolute Gasteiger partial charge is 0.317 e. The largest absolute Gasteiger partial charge is 0.338 e. The molecule has 0 radical (unpaired) electrons. The van der Waals surface area contributed by atoms with Gasteiger partial charge in [-0.05, 0) is 43.0 Å². The summed E-state index contributed by atoms with van der Waals surface area (Å²) in [5.74, 6) is 0. The number of urea groups is 1. The molecule has 2 amide bonds. The van der Waals surface area contributed by atoms with Gasteiger partial charge >= 0.3 is 6.03 Å². The van der Waals surface area contributed by atoms with Crippen molar-refractivity contribution in [2.45, 2.75) is 19.3 Å². The van der Waals surface area contributed by atoms with Gasteiger partial charge in [-0.2, -0.15) is 5.10 Å². The number of benzene rings is 1. The van der Waals surface area contributed by atoms with E-state index in [-0.39, 0.29) is 6.03 Å². The van der Waals surface area contributed by atoms with E-state index in [4.69, 9.17) is 0 Å². The minimum absolute atomic E-state index is 0.0701. The maximum absolute atomic E-state index is 11.8. The summed E-state index contributed by atoms with van der Waals surface area (Å²) >= 11 is 0. The number of nitrogens with zero attached hydrogens (tertiary/aromatic N) is 3. The Labute approximate surface area is 124 Å². The van der Waals surface area contributed by atoms with Gasteiger partial charge in [-0.1, -0.05) is 12.1 Å². The molecule has 1 fully saturated rings. The maximum atomic E-state index is 11.8. The first-order chi connectivity index (χ1) is 10.3. The van der Waals surface area contributed by atoms with Crippen molar-refractivity contribution in [2.24, 2.45) is 0 Å². The molecule has 1 saturated heterocycles. The van der Waals surface area contributed by atoms with Crippen LogP contribution in [0, 0.1) is 0 Å². The summed E-state index contributed by atoms with van der Waals surface area (Å²) < 4.78 is 1.83. The van der Waals surface area contributed by atoms with Gasteiger partial charge in [0.2, 0.25) is 0 Å². The quantitative estimate of drug-likeness (QED) is 0.936. The molecular formula is C16H20N4O. The molecule has 1 aliphatic heterocycles. The highest BCUT2D eigenvalue weighted by Gasteiger charge is 2.16. The fraction of sp³-hybridized carbons (Fsp3) is 0.375. The van der Waals surface area contributed by atoms with Crippen LogP contribution in [0.3, 0.4) is 0 Å². The van der Waals surface area contributed by atoms with Gasteiger partial charge in [-0.3, -0.25) is 0 Å². The highest BCUT2D eigenvalue weighted by Crippen LogP contribution is 2.09. The molecule has 3 rings (SSSR count). The van der Waals surface area contributed by atoms with Crippen molar-refractivity contribution in [1.82, 2.24) is 20.0 Å². The minimum Gasteiger partial charge on any atom is -0.338 e. The first kappa shape index (κ1) is 13.7. The number of rotatable bonds is 4. The Morgan fingerprint density at radius 2 is 1.95 bits per heavy atom. The third kappa shape index (κ3) is 3.42. The van der Waals surface area contributed by atoms with E-state index >= 15 is 0 Å². The number of nitrogens with one attached hydrogen (secondary N) is 1. The first-order valence-electron chi connectivity index (χ1n) is 7.45. The number of likely N-dealkylation sites (tertiary alicyclic amines) is 1. The van der Waals surface area contributed by atoms with E-state index in [1.165, 1.54) is 5.56 Å². The monoisotopic (exact) mass is 284 g/mol. The molecule has 0 spiro atoms. The maximum Gasteiger partial charge on any atom is 0.317 e. The van der Waals surface area contributed by atoms with E-state index in [1.807, 2.05) is 34.0 Å². The number of amides is 2. The van der Waals surface area contributed by atoms with Crippen molar-refractivity contribution in [3.63, 3.8) is 0 Å². The van der Waals surface area contributed by atoms with Crippen LogP contribution in [0.25, 0.3) is 5.69 Å². The van der Waals surface area contributed by atoms with E-state index in [9.17, 15) is 4.79 Å². The Hall–Kier alpha value is -2.30. The Morgan fingerprint density at radius 3 is 2.62 bits per heavy atom. The van der Waals surface area contributed by atoms with Gasteiger partial charge in [-0.15, -0.1) is 0 Å². The molecule has 5 nitrogen and oxygen atoms in total. The summed E-state index contributed by atoms with van der Waals surface area (Å²) in [5, 5.41) is 7.18. The predicted molar refractivity (Wildman–Crippen MR) is 81.5 cm³/mol. The molecule has 1 aliphatic rings. The lowest BCUT2D eigenvalue weighted by Crippen LogP contribution is -2.38. The molecule has 0 unspecified atom stereocenters. The SMILES string of the molecule is O=C(NCCc1ccc(-n2cccn2)cc1)N1CCCC1. The molecule has 5 heteroatoms. The summed E-state index contributed by atoms with van der Waals surface area (Å²) in [6.07, 6.45) is 6.79. The lowest BCUT2D eigenvalue weighted by molar-refractivity contribution is 0.209. The normalized spacial score (nSPS) is 14.4. The Morgan fingerprint density at radius 1 is 1.19 bits per heavy atom. The molecule has 110 valence electrons. The van der Waals surface area contributed by atoms with Crippen LogP contribution in [0.1, 0.15) is 18.4 Å². The van der Waals surface area contributed by atoms with Crippen LogP contribution in [-0.2, 0) is 6.42 Å². The van der Waals surface area contributed by atoms with Crippen molar-refractivity contribution in [3.8, 4) is 5.69 Å². The van der Waals surface area contributed by atoms with Gasteiger partial charge in [0, 0.05) is 32.0 Å². The molecule has 2 heterocycles. The number of hydrogen-bond acceptors (Lipinski definition) is 2. The third-order valence-electron chi connectivity index (χ3n) is 3.79. The molecule has 1 N–H and O–H groups in total. The second-order valence-electron chi connectivity index (χ2n) is 5.29. The van der Waals surface area contributed by atoms with Crippen molar-refractivity contribution in [3.05, 3.63) is 48.3 Å². The fourth-order valence-electron chi connectivity index (χ4n) is 2.58. The zero-order chi connectivity index (χ0) is 14.5. The molecule has 1 aromatic carbocycles. The van der Waals surface area contributed by atoms with E-state index in [0.717, 1.165) is 38.0 Å². The van der Waals surface area contributed by atoms with Gasteiger partial charge in [0.1, 0.15) is 0 Å². The third-order valence-corrected chi connectivity index (χ3v) is 3.79. The molecule has 2 aromatic rings. The van der Waals surface area contributed by atoms with E-state index < -0.39 is 0 Å². The molecule has 0 atom stereocenters. The molecule has 1 aromatic heterocycles. The average Bonchev–Trinajstić information content (AvgIpc) is 3.21. The molecule has 21 heavy (non-hydrogen) atoms. The number of aromatic nitrogens is 2. The predicted octanol–water partition coefficient (Wildman–Crippen LogP) is 2.22. The first-order valence-corrected chi connectivity index (χ1v) is 7.45. The highest BCUT2D eigenvalue weighted by molar-refractivity contribution is 5.74. The van der Waals surface area contributed by atoms with Gasteiger partial charge in [0.25, 0.3) is 0 Å². The van der Waals surface area contributed by atoms with E-state index in [2.05, 4.69) is 22.5 Å². The van der Waals surface area contributed by atoms with Crippen LogP contribution in [0.5, 0.6) is 0 Å². The second kappa shape index (κ2) is 6.43. The Kier molecular flexibility index (Phi) is 4.19. The van der Waals surface area contributed by atoms with Crippen LogP contribution in [0.15, 0.2) is 42.7 Å². The number of hydrogen-bond donors (Lipinski definition) is 1. The minimum atomic E-state index is 0.0701. The van der Waals surface area contributed by atoms with Crippen molar-refractivity contribution >= 4 is 6.03 Å². The lowest BCUT2D eigenvalue weighted by Gasteiger charge is -2.16. The number of carbonyl (C=O) groups excluding carboxylic acids is 1. The number of carbonyl (C=O) groups is 1. The summed E-state index contributed by atoms with van der Waals surface area (Å²) in [4.78, 5) is 13.7. The van der Waals surface area contributed by atoms with Crippen LogP contribution in [-0.4, -0.2) is 40.3 Å². The van der Waals surface area contributed by atoms with Gasteiger partial charge < -0.3 is 10.2 Å². The van der Waals surface area contributed by atoms with Gasteiger partial charge in [-0.25, -0.2) is 9.48 Å². The molecule has 0 saturated carbocycles. The van der Waals surface area contributed by atoms with Crippen LogP contribution in [0.4, 0.5) is 4.79 Å². The average molecular weight is 284 g/mol. The fourth-order valence-corrected chi connectivity index (χ4v) is 2.58. The molecule has 0 bridgehead atoms. The van der Waals surface area contributed by atoms with Gasteiger partial charge in [0.15, 0.2) is 0 Å². The summed E-state index contributed by atoms with van der Waals surface area (Å²) in [6.45, 7) is 2.46. The van der Waals surface area contributed by atoms with Crippen molar-refractivity contribution < 1.29 is 4.79 Å². The van der Waals surface area contributed by atoms with Crippen molar-refractivity contribution in [1.29, 1.82) is 0 Å².